The summed E-state index contributed by atoms with van der Waals surface area (Å²) in [7, 11) is -7.75. The Morgan fingerprint density at radius 3 is 1.88 bits per heavy atom. The zero-order valence-electron chi connectivity index (χ0n) is 9.58. The molecule has 0 saturated carbocycles. The summed E-state index contributed by atoms with van der Waals surface area (Å²) in [4.78, 5) is 10.4. The average Bonchev–Trinajstić information content (AvgIpc) is 2.07. The van der Waals surface area contributed by atoms with E-state index in [4.69, 9.17) is 5.11 Å². The standard InChI is InChI=1S/C8H15NO6S2/c1-7(8(10)11)5-4-6-9(16(2,12)13)17(3,14)15/h1,4-6H2,2-3H3,(H,10,11). The van der Waals surface area contributed by atoms with Crippen LogP contribution in [0, 0.1) is 0 Å². The molecule has 0 unspecified atom stereocenters. The van der Waals surface area contributed by atoms with Gasteiger partial charge in [0.15, 0.2) is 0 Å². The summed E-state index contributed by atoms with van der Waals surface area (Å²) in [5.41, 5.74) is -0.0908. The monoisotopic (exact) mass is 285 g/mol. The molecule has 0 saturated heterocycles. The van der Waals surface area contributed by atoms with Crippen molar-refractivity contribution in [1.29, 1.82) is 0 Å². The molecule has 9 heteroatoms. The first-order valence-electron chi connectivity index (χ1n) is 4.55. The third-order valence-corrected chi connectivity index (χ3v) is 5.33. The Balaban J connectivity index is 4.63. The van der Waals surface area contributed by atoms with E-state index in [1.165, 1.54) is 0 Å². The van der Waals surface area contributed by atoms with E-state index in [9.17, 15) is 21.6 Å². The molecule has 100 valence electrons. The number of carboxylic acid groups (broad SMARTS) is 1. The molecule has 0 amide bonds. The number of carbonyl (C=O) groups is 1. The molecule has 0 rings (SSSR count). The molecule has 0 aromatic carbocycles. The molecule has 0 aliphatic rings. The van der Waals surface area contributed by atoms with Crippen molar-refractivity contribution >= 4 is 26.0 Å². The zero-order valence-corrected chi connectivity index (χ0v) is 11.2. The Morgan fingerprint density at radius 2 is 1.59 bits per heavy atom. The number of aliphatic carboxylic acids is 1. The third-order valence-electron chi connectivity index (χ3n) is 1.86. The SMILES string of the molecule is C=C(CCCN(S(C)(=O)=O)S(C)(=O)=O)C(=O)O. The second-order valence-corrected chi connectivity index (χ2v) is 7.58. The van der Waals surface area contributed by atoms with E-state index in [1.54, 1.807) is 0 Å². The number of hydrogen-bond acceptors (Lipinski definition) is 5. The average molecular weight is 285 g/mol. The largest absolute Gasteiger partial charge is 0.478 e. The molecule has 0 aliphatic carbocycles. The fourth-order valence-electron chi connectivity index (χ4n) is 1.11. The van der Waals surface area contributed by atoms with Crippen molar-refractivity contribution < 1.29 is 26.7 Å². The molecular formula is C8H15NO6S2. The van der Waals surface area contributed by atoms with Gasteiger partial charge in [-0.3, -0.25) is 0 Å². The first kappa shape index (κ1) is 16.1. The number of carboxylic acids is 1. The minimum Gasteiger partial charge on any atom is -0.478 e. The fourth-order valence-corrected chi connectivity index (χ4v) is 4.00. The van der Waals surface area contributed by atoms with Gasteiger partial charge in [0.05, 0.1) is 12.5 Å². The van der Waals surface area contributed by atoms with E-state index in [1.807, 2.05) is 0 Å². The van der Waals surface area contributed by atoms with Gasteiger partial charge in [0.2, 0.25) is 20.0 Å². The minimum atomic E-state index is -3.87. The van der Waals surface area contributed by atoms with Crippen LogP contribution in [0.25, 0.3) is 0 Å². The normalized spacial score (nSPS) is 12.6. The van der Waals surface area contributed by atoms with E-state index >= 15 is 0 Å². The molecule has 0 spiro atoms. The summed E-state index contributed by atoms with van der Waals surface area (Å²) < 4.78 is 45.1. The second-order valence-electron chi connectivity index (χ2n) is 3.53. The topological polar surface area (TPSA) is 109 Å². The first-order valence-corrected chi connectivity index (χ1v) is 8.25. The molecule has 0 atom stereocenters. The van der Waals surface area contributed by atoms with Crippen molar-refractivity contribution in [3.05, 3.63) is 12.2 Å². The van der Waals surface area contributed by atoms with Crippen LogP contribution in [-0.2, 0) is 24.8 Å². The van der Waals surface area contributed by atoms with Crippen LogP contribution in [0.4, 0.5) is 0 Å². The van der Waals surface area contributed by atoms with Gasteiger partial charge in [-0.05, 0) is 12.8 Å². The van der Waals surface area contributed by atoms with Gasteiger partial charge in [0, 0.05) is 12.1 Å². The molecule has 0 aliphatic heterocycles. The van der Waals surface area contributed by atoms with Gasteiger partial charge >= 0.3 is 5.97 Å². The maximum Gasteiger partial charge on any atom is 0.330 e. The van der Waals surface area contributed by atoms with E-state index < -0.39 is 26.0 Å². The highest BCUT2D eigenvalue weighted by molar-refractivity contribution is 8.03. The molecular weight excluding hydrogens is 270 g/mol. The molecule has 0 fully saturated rings. The molecule has 7 nitrogen and oxygen atoms in total. The molecule has 1 N–H and O–H groups in total. The van der Waals surface area contributed by atoms with Crippen LogP contribution in [0.5, 0.6) is 0 Å². The lowest BCUT2D eigenvalue weighted by atomic mass is 10.2. The predicted octanol–water partition coefficient (Wildman–Crippen LogP) is -0.371. The Bertz CT molecular complexity index is 472. The summed E-state index contributed by atoms with van der Waals surface area (Å²) >= 11 is 0. The summed E-state index contributed by atoms with van der Waals surface area (Å²) in [5.74, 6) is -1.18. The Kier molecular flexibility index (Phi) is 5.30. The van der Waals surface area contributed by atoms with Gasteiger partial charge in [-0.15, -0.1) is 0 Å². The highest BCUT2D eigenvalue weighted by atomic mass is 32.3. The van der Waals surface area contributed by atoms with Crippen molar-refractivity contribution in [2.75, 3.05) is 19.1 Å². The maximum atomic E-state index is 11.2. The highest BCUT2D eigenvalue weighted by Crippen LogP contribution is 2.10. The molecule has 0 bridgehead atoms. The van der Waals surface area contributed by atoms with E-state index in [0.717, 1.165) is 12.5 Å². The molecule has 0 aromatic heterocycles. The van der Waals surface area contributed by atoms with Gasteiger partial charge < -0.3 is 5.11 Å². The highest BCUT2D eigenvalue weighted by Gasteiger charge is 2.26. The fraction of sp³-hybridized carbons (Fsp3) is 0.625. The Hall–Kier alpha value is -0.930. The number of sulfonamides is 2. The summed E-state index contributed by atoms with van der Waals surface area (Å²) in [6.45, 7) is 2.97. The number of rotatable bonds is 7. The predicted molar refractivity (Wildman–Crippen MR) is 62.4 cm³/mol. The van der Waals surface area contributed by atoms with Crippen molar-refractivity contribution in [3.63, 3.8) is 0 Å². The van der Waals surface area contributed by atoms with Gasteiger partial charge in [0.1, 0.15) is 0 Å². The van der Waals surface area contributed by atoms with Gasteiger partial charge in [-0.25, -0.2) is 21.6 Å². The lowest BCUT2D eigenvalue weighted by Crippen LogP contribution is -2.36. The molecule has 0 aromatic rings. The van der Waals surface area contributed by atoms with Crippen molar-refractivity contribution in [2.24, 2.45) is 0 Å². The van der Waals surface area contributed by atoms with E-state index in [2.05, 4.69) is 6.58 Å². The summed E-state index contributed by atoms with van der Waals surface area (Å²) in [6.07, 6.45) is 1.66. The Labute approximate surface area is 101 Å². The Morgan fingerprint density at radius 1 is 1.18 bits per heavy atom. The van der Waals surface area contributed by atoms with Crippen LogP contribution >= 0.6 is 0 Å². The van der Waals surface area contributed by atoms with E-state index in [-0.39, 0.29) is 25.0 Å². The van der Waals surface area contributed by atoms with Crippen LogP contribution in [0.2, 0.25) is 0 Å². The molecule has 17 heavy (non-hydrogen) atoms. The lowest BCUT2D eigenvalue weighted by molar-refractivity contribution is -0.132. The smallest absolute Gasteiger partial charge is 0.330 e. The van der Waals surface area contributed by atoms with Gasteiger partial charge in [-0.2, -0.15) is 0 Å². The summed E-state index contributed by atoms with van der Waals surface area (Å²) in [5, 5.41) is 8.52. The van der Waals surface area contributed by atoms with Crippen LogP contribution in [0.3, 0.4) is 0 Å². The van der Waals surface area contributed by atoms with Crippen molar-refractivity contribution in [2.45, 2.75) is 12.8 Å². The van der Waals surface area contributed by atoms with Crippen LogP contribution in [0.15, 0.2) is 12.2 Å². The van der Waals surface area contributed by atoms with Crippen LogP contribution in [-0.4, -0.2) is 50.7 Å². The van der Waals surface area contributed by atoms with Crippen LogP contribution < -0.4 is 0 Å². The molecule has 0 radical (unpaired) electrons. The van der Waals surface area contributed by atoms with Crippen LogP contribution in [0.1, 0.15) is 12.8 Å². The maximum absolute atomic E-state index is 11.2. The minimum absolute atomic E-state index is 0.0247. The zero-order chi connectivity index (χ0) is 13.9. The van der Waals surface area contributed by atoms with Gasteiger partial charge in [0.25, 0.3) is 0 Å². The third kappa shape index (κ3) is 5.80. The first-order chi connectivity index (χ1) is 7.46. The second kappa shape index (κ2) is 5.61. The summed E-state index contributed by atoms with van der Waals surface area (Å²) in [6, 6.07) is 0. The van der Waals surface area contributed by atoms with Crippen molar-refractivity contribution in [3.8, 4) is 0 Å². The van der Waals surface area contributed by atoms with Gasteiger partial charge in [-0.1, -0.05) is 10.3 Å². The quantitative estimate of drug-likeness (QED) is 0.639. The van der Waals surface area contributed by atoms with Crippen molar-refractivity contribution in [1.82, 2.24) is 3.71 Å². The number of nitrogens with zero attached hydrogens (tertiary/aromatic N) is 1. The lowest BCUT2D eigenvalue weighted by Gasteiger charge is -2.16. The van der Waals surface area contributed by atoms with E-state index in [0.29, 0.717) is 3.71 Å². The molecule has 0 heterocycles. The number of hydrogen-bond donors (Lipinski definition) is 1.